The van der Waals surface area contributed by atoms with E-state index < -0.39 is 4.92 Å². The van der Waals surface area contributed by atoms with E-state index in [-0.39, 0.29) is 5.75 Å². The van der Waals surface area contributed by atoms with Gasteiger partial charge in [0.1, 0.15) is 5.75 Å². The van der Waals surface area contributed by atoms with Gasteiger partial charge in [-0.25, -0.2) is 0 Å². The van der Waals surface area contributed by atoms with Gasteiger partial charge >= 0.3 is 0 Å². The quantitative estimate of drug-likeness (QED) is 0.535. The van der Waals surface area contributed by atoms with Crippen LogP contribution in [0.3, 0.4) is 0 Å². The van der Waals surface area contributed by atoms with Crippen LogP contribution in [0.5, 0.6) is 5.75 Å². The van der Waals surface area contributed by atoms with Crippen molar-refractivity contribution in [3.63, 3.8) is 0 Å². The van der Waals surface area contributed by atoms with E-state index in [1.807, 2.05) is 0 Å². The Kier molecular flexibility index (Phi) is 2.42. The Morgan fingerprint density at radius 1 is 1.33 bits per heavy atom. The van der Waals surface area contributed by atoms with Gasteiger partial charge in [0.25, 0.3) is 0 Å². The van der Waals surface area contributed by atoms with Gasteiger partial charge < -0.3 is 5.11 Å². The number of benzene rings is 1. The van der Waals surface area contributed by atoms with Crippen molar-refractivity contribution in [2.24, 2.45) is 0 Å². The maximum Gasteiger partial charge on any atom is 0.235 e. The van der Waals surface area contributed by atoms with Crippen LogP contribution in [0.15, 0.2) is 30.5 Å². The van der Waals surface area contributed by atoms with Gasteiger partial charge in [-0.05, 0) is 17.7 Å². The fourth-order valence-corrected chi connectivity index (χ4v) is 0.732. The molecule has 0 radical (unpaired) electrons. The monoisotopic (exact) mass is 165 g/mol. The standard InChI is InChI=1S/C8H7NO3/c10-8-3-1-7(2-4-8)5-6-9(11)12/h1-6,10H. The zero-order valence-corrected chi connectivity index (χ0v) is 6.18. The molecule has 0 amide bonds. The smallest absolute Gasteiger partial charge is 0.235 e. The van der Waals surface area contributed by atoms with E-state index in [0.29, 0.717) is 5.56 Å². The number of hydrogen-bond donors (Lipinski definition) is 1. The molecule has 0 bridgehead atoms. The summed E-state index contributed by atoms with van der Waals surface area (Å²) < 4.78 is 0. The summed E-state index contributed by atoms with van der Waals surface area (Å²) in [4.78, 5) is 9.37. The minimum absolute atomic E-state index is 0.147. The average molecular weight is 165 g/mol. The second kappa shape index (κ2) is 3.52. The highest BCUT2D eigenvalue weighted by molar-refractivity contribution is 5.49. The lowest BCUT2D eigenvalue weighted by Gasteiger charge is -1.91. The fraction of sp³-hybridized carbons (Fsp3) is 0. The molecule has 4 nitrogen and oxygen atoms in total. The molecule has 0 aliphatic carbocycles. The average Bonchev–Trinajstić information content (AvgIpc) is 2.03. The molecule has 1 rings (SSSR count). The summed E-state index contributed by atoms with van der Waals surface area (Å²) in [6, 6.07) is 6.13. The molecule has 0 aromatic heterocycles. The van der Waals surface area contributed by atoms with Crippen molar-refractivity contribution in [3.8, 4) is 5.75 Å². The first-order chi connectivity index (χ1) is 5.68. The number of rotatable bonds is 2. The number of hydrogen-bond acceptors (Lipinski definition) is 3. The van der Waals surface area contributed by atoms with Crippen LogP contribution in [0.1, 0.15) is 5.56 Å². The maximum atomic E-state index is 9.91. The lowest BCUT2D eigenvalue weighted by Crippen LogP contribution is -1.81. The molecular weight excluding hydrogens is 158 g/mol. The Bertz CT molecular complexity index is 303. The zero-order valence-electron chi connectivity index (χ0n) is 6.18. The van der Waals surface area contributed by atoms with Gasteiger partial charge in [-0.15, -0.1) is 0 Å². The molecule has 62 valence electrons. The van der Waals surface area contributed by atoms with Crippen LogP contribution >= 0.6 is 0 Å². The maximum absolute atomic E-state index is 9.91. The first kappa shape index (κ1) is 8.26. The van der Waals surface area contributed by atoms with Crippen LogP contribution in [-0.2, 0) is 0 Å². The Labute approximate surface area is 68.9 Å². The molecule has 1 aromatic rings. The van der Waals surface area contributed by atoms with Crippen LogP contribution < -0.4 is 0 Å². The van der Waals surface area contributed by atoms with Crippen LogP contribution in [0.2, 0.25) is 0 Å². The van der Waals surface area contributed by atoms with E-state index in [1.54, 1.807) is 12.1 Å². The molecule has 0 fully saturated rings. The van der Waals surface area contributed by atoms with E-state index in [4.69, 9.17) is 5.11 Å². The molecule has 0 saturated heterocycles. The first-order valence-corrected chi connectivity index (χ1v) is 3.29. The molecule has 0 unspecified atom stereocenters. The van der Waals surface area contributed by atoms with Crippen molar-refractivity contribution >= 4 is 6.08 Å². The van der Waals surface area contributed by atoms with Gasteiger partial charge in [-0.2, -0.15) is 0 Å². The van der Waals surface area contributed by atoms with E-state index in [2.05, 4.69) is 0 Å². The third kappa shape index (κ3) is 2.42. The summed E-state index contributed by atoms with van der Waals surface area (Å²) >= 11 is 0. The summed E-state index contributed by atoms with van der Waals surface area (Å²) in [5.41, 5.74) is 0.685. The number of aromatic hydroxyl groups is 1. The third-order valence-electron chi connectivity index (χ3n) is 1.28. The Balaban J connectivity index is 2.77. The Morgan fingerprint density at radius 2 is 1.92 bits per heavy atom. The largest absolute Gasteiger partial charge is 0.508 e. The molecule has 0 aliphatic rings. The molecule has 0 saturated carbocycles. The van der Waals surface area contributed by atoms with Crippen LogP contribution in [-0.4, -0.2) is 10.0 Å². The molecule has 0 aliphatic heterocycles. The van der Waals surface area contributed by atoms with Gasteiger partial charge in [0.15, 0.2) is 0 Å². The summed E-state index contributed by atoms with van der Waals surface area (Å²) in [6.45, 7) is 0. The second-order valence-electron chi connectivity index (χ2n) is 2.19. The van der Waals surface area contributed by atoms with Crippen LogP contribution in [0.4, 0.5) is 0 Å². The Hall–Kier alpha value is -1.84. The van der Waals surface area contributed by atoms with Gasteiger partial charge in [-0.3, -0.25) is 10.1 Å². The molecule has 1 N–H and O–H groups in total. The van der Waals surface area contributed by atoms with Gasteiger partial charge in [0.2, 0.25) is 6.20 Å². The fourth-order valence-electron chi connectivity index (χ4n) is 0.732. The Morgan fingerprint density at radius 3 is 2.42 bits per heavy atom. The van der Waals surface area contributed by atoms with Crippen molar-refractivity contribution in [3.05, 3.63) is 46.1 Å². The van der Waals surface area contributed by atoms with Crippen LogP contribution in [0, 0.1) is 10.1 Å². The normalized spacial score (nSPS) is 10.3. The lowest BCUT2D eigenvalue weighted by atomic mass is 10.2. The van der Waals surface area contributed by atoms with Crippen molar-refractivity contribution < 1.29 is 10.0 Å². The van der Waals surface area contributed by atoms with E-state index >= 15 is 0 Å². The summed E-state index contributed by atoms with van der Waals surface area (Å²) in [7, 11) is 0. The predicted octanol–water partition coefficient (Wildman–Crippen LogP) is 1.64. The SMILES string of the molecule is O=[N+]([O-])C=Cc1ccc(O)cc1. The zero-order chi connectivity index (χ0) is 8.97. The topological polar surface area (TPSA) is 63.4 Å². The summed E-state index contributed by atoms with van der Waals surface area (Å²) in [5, 5.41) is 18.8. The number of phenolic OH excluding ortho intramolecular Hbond substituents is 1. The number of phenols is 1. The van der Waals surface area contributed by atoms with Crippen molar-refractivity contribution in [2.45, 2.75) is 0 Å². The lowest BCUT2D eigenvalue weighted by molar-refractivity contribution is -0.400. The number of nitrogens with zero attached hydrogens (tertiary/aromatic N) is 1. The van der Waals surface area contributed by atoms with Crippen LogP contribution in [0.25, 0.3) is 6.08 Å². The van der Waals surface area contributed by atoms with Crippen molar-refractivity contribution in [1.82, 2.24) is 0 Å². The second-order valence-corrected chi connectivity index (χ2v) is 2.19. The number of nitro groups is 1. The molecule has 4 heteroatoms. The highest BCUT2D eigenvalue weighted by atomic mass is 16.6. The van der Waals surface area contributed by atoms with Crippen molar-refractivity contribution in [2.75, 3.05) is 0 Å². The third-order valence-corrected chi connectivity index (χ3v) is 1.28. The van der Waals surface area contributed by atoms with Gasteiger partial charge in [0.05, 0.1) is 4.92 Å². The minimum Gasteiger partial charge on any atom is -0.508 e. The first-order valence-electron chi connectivity index (χ1n) is 3.29. The summed E-state index contributed by atoms with van der Waals surface area (Å²) in [6.07, 6.45) is 2.21. The summed E-state index contributed by atoms with van der Waals surface area (Å²) in [5.74, 6) is 0.147. The van der Waals surface area contributed by atoms with Gasteiger partial charge in [-0.1, -0.05) is 12.1 Å². The molecule has 0 heterocycles. The molecular formula is C8H7NO3. The van der Waals surface area contributed by atoms with E-state index in [9.17, 15) is 10.1 Å². The molecule has 0 atom stereocenters. The minimum atomic E-state index is -0.535. The highest BCUT2D eigenvalue weighted by Gasteiger charge is 1.90. The van der Waals surface area contributed by atoms with E-state index in [0.717, 1.165) is 6.20 Å². The molecule has 12 heavy (non-hydrogen) atoms. The molecule has 0 spiro atoms. The predicted molar refractivity (Wildman–Crippen MR) is 44.1 cm³/mol. The van der Waals surface area contributed by atoms with Gasteiger partial charge in [0, 0.05) is 6.08 Å². The molecule has 1 aromatic carbocycles. The van der Waals surface area contributed by atoms with E-state index in [1.165, 1.54) is 18.2 Å². The van der Waals surface area contributed by atoms with Crippen molar-refractivity contribution in [1.29, 1.82) is 0 Å². The highest BCUT2D eigenvalue weighted by Crippen LogP contribution is 2.10.